The number of rotatable bonds is 10. The van der Waals surface area contributed by atoms with E-state index in [-0.39, 0.29) is 48.0 Å². The maximum absolute atomic E-state index is 14.8. The highest BCUT2D eigenvalue weighted by Crippen LogP contribution is 2.44. The lowest BCUT2D eigenvalue weighted by Gasteiger charge is -2.24. The largest absolute Gasteiger partial charge is 0.496 e. The number of halogens is 10. The lowest BCUT2D eigenvalue weighted by molar-refractivity contribution is -0.143. The number of ether oxygens (including phenoxy) is 3. The molecular formula is C31H25F10NO6. The number of nitrogens with zero attached hydrogens (tertiary/aromatic N) is 1. The molecule has 1 N–H and O–H groups in total. The summed E-state index contributed by atoms with van der Waals surface area (Å²) < 4.78 is 153. The Balaban J connectivity index is 1.76. The average Bonchev–Trinajstić information content (AvgIpc) is 3.26. The van der Waals surface area contributed by atoms with Gasteiger partial charge < -0.3 is 19.3 Å². The van der Waals surface area contributed by atoms with E-state index in [0.717, 1.165) is 30.2 Å². The number of amides is 1. The number of cyclic esters (lactones) is 1. The molecule has 0 aromatic heterocycles. The molecule has 1 saturated heterocycles. The van der Waals surface area contributed by atoms with Crippen molar-refractivity contribution in [3.05, 3.63) is 82.2 Å². The second-order valence-electron chi connectivity index (χ2n) is 10.7. The van der Waals surface area contributed by atoms with Gasteiger partial charge in [0.15, 0.2) is 11.6 Å². The molecule has 2 atom stereocenters. The smallest absolute Gasteiger partial charge is 0.416 e. The van der Waals surface area contributed by atoms with E-state index in [4.69, 9.17) is 19.3 Å². The van der Waals surface area contributed by atoms with Crippen molar-refractivity contribution in [2.75, 3.05) is 13.7 Å². The van der Waals surface area contributed by atoms with Crippen molar-refractivity contribution in [2.24, 2.45) is 0 Å². The maximum Gasteiger partial charge on any atom is 0.416 e. The van der Waals surface area contributed by atoms with E-state index in [1.165, 1.54) is 6.92 Å². The first kappa shape index (κ1) is 36.1. The Bertz CT molecular complexity index is 1650. The zero-order chi connectivity index (χ0) is 35.8. The predicted molar refractivity (Wildman–Crippen MR) is 146 cm³/mol. The molecule has 0 spiro atoms. The molecule has 1 aliphatic heterocycles. The van der Waals surface area contributed by atoms with Crippen LogP contribution in [-0.4, -0.2) is 41.8 Å². The van der Waals surface area contributed by atoms with Gasteiger partial charge in [-0.2, -0.15) is 39.5 Å². The van der Waals surface area contributed by atoms with E-state index in [1.807, 2.05) is 0 Å². The zero-order valence-electron chi connectivity index (χ0n) is 24.8. The monoisotopic (exact) mass is 697 g/mol. The lowest BCUT2D eigenvalue weighted by atomic mass is 9.94. The molecule has 0 bridgehead atoms. The standard InChI is InChI=1S/C31H25F10NO6/c1-15-27(16-8-19(30(36,37)38)11-20(9-16)31(39,40)41)48-28(45)42(15)14-17-10-18(29(33,34)35)5-6-21(17)22-12-25(23(32)13-24(22)46-2)47-7-3-4-26(43)44/h5-6,8-13,15,27H,3-4,7,14H2,1-2H3,(H,43,44)/t15-,27-/m0/s1. The molecule has 1 amide bonds. The van der Waals surface area contributed by atoms with E-state index in [2.05, 4.69) is 0 Å². The molecule has 0 radical (unpaired) electrons. The SMILES string of the molecule is COc1cc(F)c(OCCCC(=O)O)cc1-c1ccc(C(F)(F)F)cc1CN1C(=O)O[C@H](c2cc(C(F)(F)F)cc(C(F)(F)F)c2)[C@@H]1C. The molecule has 17 heteroatoms. The quantitative estimate of drug-likeness (QED) is 0.168. The van der Waals surface area contributed by atoms with Crippen LogP contribution in [0, 0.1) is 5.82 Å². The van der Waals surface area contributed by atoms with Crippen LogP contribution in [0.5, 0.6) is 11.5 Å². The van der Waals surface area contributed by atoms with Crippen LogP contribution < -0.4 is 9.47 Å². The fraction of sp³-hybridized carbons (Fsp3) is 0.355. The van der Waals surface area contributed by atoms with Crippen molar-refractivity contribution in [3.8, 4) is 22.6 Å². The summed E-state index contributed by atoms with van der Waals surface area (Å²) in [6.07, 6.45) is -18.5. The minimum absolute atomic E-state index is 0.00582. The van der Waals surface area contributed by atoms with Crippen LogP contribution in [0.4, 0.5) is 48.7 Å². The Kier molecular flexibility index (Phi) is 10.1. The molecule has 0 unspecified atom stereocenters. The van der Waals surface area contributed by atoms with Crippen molar-refractivity contribution in [3.63, 3.8) is 0 Å². The summed E-state index contributed by atoms with van der Waals surface area (Å²) in [6, 6.07) is 3.75. The van der Waals surface area contributed by atoms with Gasteiger partial charge in [0.05, 0.1) is 43.0 Å². The highest BCUT2D eigenvalue weighted by atomic mass is 19.4. The van der Waals surface area contributed by atoms with Gasteiger partial charge >= 0.3 is 30.6 Å². The number of carbonyl (C=O) groups is 2. The van der Waals surface area contributed by atoms with Gasteiger partial charge in [-0.1, -0.05) is 6.07 Å². The normalized spacial score (nSPS) is 17.0. The minimum Gasteiger partial charge on any atom is -0.496 e. The summed E-state index contributed by atoms with van der Waals surface area (Å²) in [5.74, 6) is -2.65. The molecule has 3 aromatic rings. The second-order valence-corrected chi connectivity index (χ2v) is 10.7. The van der Waals surface area contributed by atoms with Crippen molar-refractivity contribution in [1.29, 1.82) is 0 Å². The highest BCUT2D eigenvalue weighted by Gasteiger charge is 2.44. The third kappa shape index (κ3) is 8.05. The van der Waals surface area contributed by atoms with Crippen LogP contribution in [0.1, 0.15) is 53.7 Å². The summed E-state index contributed by atoms with van der Waals surface area (Å²) >= 11 is 0. The van der Waals surface area contributed by atoms with Gasteiger partial charge in [0.2, 0.25) is 0 Å². The number of carboxylic acid groups (broad SMARTS) is 1. The Hall–Kier alpha value is -4.70. The molecule has 1 heterocycles. The first-order valence-corrected chi connectivity index (χ1v) is 13.9. The fourth-order valence-electron chi connectivity index (χ4n) is 5.08. The van der Waals surface area contributed by atoms with Gasteiger partial charge in [0, 0.05) is 18.1 Å². The van der Waals surface area contributed by atoms with E-state index < -0.39 is 83.1 Å². The van der Waals surface area contributed by atoms with Crippen molar-refractivity contribution in [1.82, 2.24) is 4.90 Å². The molecule has 1 fully saturated rings. The second kappa shape index (κ2) is 13.4. The van der Waals surface area contributed by atoms with Crippen molar-refractivity contribution >= 4 is 12.1 Å². The van der Waals surface area contributed by atoms with Crippen molar-refractivity contribution in [2.45, 2.75) is 57.0 Å². The Morgan fingerprint density at radius 1 is 0.854 bits per heavy atom. The number of benzene rings is 3. The minimum atomic E-state index is -5.19. The molecule has 1 aliphatic rings. The Labute approximate surface area is 265 Å². The zero-order valence-corrected chi connectivity index (χ0v) is 24.8. The number of hydrogen-bond donors (Lipinski definition) is 1. The summed E-state index contributed by atoms with van der Waals surface area (Å²) in [4.78, 5) is 24.6. The fourth-order valence-corrected chi connectivity index (χ4v) is 5.08. The summed E-state index contributed by atoms with van der Waals surface area (Å²) in [5.41, 5.74) is -5.39. The number of carbonyl (C=O) groups excluding carboxylic acids is 1. The molecule has 0 aliphatic carbocycles. The third-order valence-corrected chi connectivity index (χ3v) is 7.44. The molecule has 3 aromatic carbocycles. The first-order chi connectivity index (χ1) is 22.2. The van der Waals surface area contributed by atoms with Gasteiger partial charge in [-0.25, -0.2) is 9.18 Å². The Morgan fingerprint density at radius 3 is 2.00 bits per heavy atom. The number of carboxylic acids is 1. The Morgan fingerprint density at radius 2 is 1.46 bits per heavy atom. The summed E-state index contributed by atoms with van der Waals surface area (Å²) in [7, 11) is 1.14. The molecule has 48 heavy (non-hydrogen) atoms. The highest BCUT2D eigenvalue weighted by molar-refractivity contribution is 5.77. The van der Waals surface area contributed by atoms with Crippen LogP contribution in [0.3, 0.4) is 0 Å². The van der Waals surface area contributed by atoms with Crippen LogP contribution in [-0.2, 0) is 34.6 Å². The third-order valence-electron chi connectivity index (χ3n) is 7.44. The lowest BCUT2D eigenvalue weighted by Crippen LogP contribution is -2.32. The van der Waals surface area contributed by atoms with E-state index in [9.17, 15) is 53.5 Å². The first-order valence-electron chi connectivity index (χ1n) is 13.9. The molecule has 4 rings (SSSR count). The number of alkyl halides is 9. The average molecular weight is 698 g/mol. The van der Waals surface area contributed by atoms with Gasteiger partial charge in [-0.15, -0.1) is 0 Å². The van der Waals surface area contributed by atoms with E-state index in [1.54, 1.807) is 0 Å². The van der Waals surface area contributed by atoms with E-state index in [0.29, 0.717) is 24.3 Å². The topological polar surface area (TPSA) is 85.3 Å². The number of hydrogen-bond acceptors (Lipinski definition) is 5. The van der Waals surface area contributed by atoms with Crippen LogP contribution in [0.2, 0.25) is 0 Å². The maximum atomic E-state index is 14.8. The number of methoxy groups -OCH3 is 1. The van der Waals surface area contributed by atoms with E-state index >= 15 is 0 Å². The van der Waals surface area contributed by atoms with Gasteiger partial charge in [0.25, 0.3) is 0 Å². The van der Waals surface area contributed by atoms with Gasteiger partial charge in [-0.3, -0.25) is 9.69 Å². The van der Waals surface area contributed by atoms with Crippen LogP contribution in [0.15, 0.2) is 48.5 Å². The number of aliphatic carboxylic acids is 1. The molecule has 7 nitrogen and oxygen atoms in total. The van der Waals surface area contributed by atoms with Gasteiger partial charge in [-0.05, 0) is 66.4 Å². The van der Waals surface area contributed by atoms with Crippen LogP contribution >= 0.6 is 0 Å². The van der Waals surface area contributed by atoms with Crippen LogP contribution in [0.25, 0.3) is 11.1 Å². The summed E-state index contributed by atoms with van der Waals surface area (Å²) in [5, 5.41) is 8.81. The predicted octanol–water partition coefficient (Wildman–Crippen LogP) is 8.88. The molecule has 0 saturated carbocycles. The van der Waals surface area contributed by atoms with Gasteiger partial charge in [0.1, 0.15) is 11.9 Å². The van der Waals surface area contributed by atoms with Crippen molar-refractivity contribution < 1.29 is 72.8 Å². The summed E-state index contributed by atoms with van der Waals surface area (Å²) in [6.45, 7) is 0.313. The molecule has 260 valence electrons. The molecular weight excluding hydrogens is 672 g/mol.